The molecule has 2 unspecified atom stereocenters. The number of nitrogens with zero attached hydrogens (tertiary/aromatic N) is 1. The average Bonchev–Trinajstić information content (AvgIpc) is 2.76. The smallest absolute Gasteiger partial charge is 0.151 e. The number of hydrogen-bond acceptors (Lipinski definition) is 4. The van der Waals surface area contributed by atoms with Gasteiger partial charge in [0, 0.05) is 21.6 Å². The third-order valence-electron chi connectivity index (χ3n) is 3.99. The second-order valence-electron chi connectivity index (χ2n) is 5.60. The molecule has 1 saturated heterocycles. The zero-order chi connectivity index (χ0) is 15.6. The lowest BCUT2D eigenvalue weighted by Crippen LogP contribution is -2.34. The molecule has 7 heteroatoms. The first kappa shape index (κ1) is 17.2. The molecular weight excluding hydrogens is 376 g/mol. The van der Waals surface area contributed by atoms with E-state index in [0.29, 0.717) is 17.2 Å². The van der Waals surface area contributed by atoms with Crippen molar-refractivity contribution >= 4 is 37.4 Å². The topological polar surface area (TPSA) is 63.4 Å². The molecule has 1 aliphatic heterocycles. The van der Waals surface area contributed by atoms with E-state index in [1.54, 1.807) is 0 Å². The van der Waals surface area contributed by atoms with Crippen LogP contribution in [0.2, 0.25) is 5.02 Å². The van der Waals surface area contributed by atoms with Crippen LogP contribution in [0.4, 0.5) is 0 Å². The van der Waals surface area contributed by atoms with Crippen LogP contribution >= 0.6 is 27.5 Å². The maximum atomic E-state index is 11.5. The van der Waals surface area contributed by atoms with Crippen LogP contribution in [0.5, 0.6) is 0 Å². The Morgan fingerprint density at radius 2 is 2.24 bits per heavy atom. The van der Waals surface area contributed by atoms with Gasteiger partial charge in [-0.15, -0.1) is 0 Å². The van der Waals surface area contributed by atoms with E-state index in [1.165, 1.54) is 0 Å². The number of rotatable bonds is 5. The molecule has 0 amide bonds. The van der Waals surface area contributed by atoms with Gasteiger partial charge in [-0.3, -0.25) is 0 Å². The fourth-order valence-corrected chi connectivity index (χ4v) is 5.22. The van der Waals surface area contributed by atoms with E-state index in [1.807, 2.05) is 25.2 Å². The maximum Gasteiger partial charge on any atom is 0.151 e. The highest BCUT2D eigenvalue weighted by atomic mass is 79.9. The molecule has 2 rings (SSSR count). The van der Waals surface area contributed by atoms with E-state index in [-0.39, 0.29) is 17.8 Å². The van der Waals surface area contributed by atoms with Crippen molar-refractivity contribution in [2.75, 3.05) is 25.1 Å². The molecule has 0 aliphatic carbocycles. The molecule has 2 N–H and O–H groups in total. The highest BCUT2D eigenvalue weighted by Crippen LogP contribution is 2.27. The Balaban J connectivity index is 1.90. The van der Waals surface area contributed by atoms with Gasteiger partial charge in [0.15, 0.2) is 9.84 Å². The van der Waals surface area contributed by atoms with Crippen molar-refractivity contribution in [1.29, 1.82) is 0 Å². The van der Waals surface area contributed by atoms with E-state index in [2.05, 4.69) is 20.8 Å². The molecule has 1 heterocycles. The lowest BCUT2D eigenvalue weighted by molar-refractivity contribution is 0.252. The van der Waals surface area contributed by atoms with E-state index < -0.39 is 9.84 Å². The molecule has 118 valence electrons. The Morgan fingerprint density at radius 3 is 2.81 bits per heavy atom. The molecular formula is C14H20BrClN2O2S. The standard InChI is InChI=1S/C14H20BrClN2O2S/c1-18(11-5-7-21(19,20)9-11)6-4-14(17)12-3-2-10(15)8-13(12)16/h2-3,8,11,14H,4-7,9,17H2,1H3. The number of sulfone groups is 1. The third kappa shape index (κ3) is 4.66. The Morgan fingerprint density at radius 1 is 1.52 bits per heavy atom. The fraction of sp³-hybridized carbons (Fsp3) is 0.571. The van der Waals surface area contributed by atoms with Gasteiger partial charge in [-0.2, -0.15) is 0 Å². The van der Waals surface area contributed by atoms with Crippen LogP contribution in [0.1, 0.15) is 24.4 Å². The SMILES string of the molecule is CN(CCC(N)c1ccc(Br)cc1Cl)C1CCS(=O)(=O)C1. The summed E-state index contributed by atoms with van der Waals surface area (Å²) in [5.41, 5.74) is 7.12. The zero-order valence-corrected chi connectivity index (χ0v) is 15.1. The van der Waals surface area contributed by atoms with Gasteiger partial charge in [0.1, 0.15) is 0 Å². The van der Waals surface area contributed by atoms with Crippen molar-refractivity contribution in [1.82, 2.24) is 4.90 Å². The molecule has 0 spiro atoms. The summed E-state index contributed by atoms with van der Waals surface area (Å²) in [4.78, 5) is 2.09. The van der Waals surface area contributed by atoms with E-state index in [0.717, 1.165) is 23.0 Å². The highest BCUT2D eigenvalue weighted by Gasteiger charge is 2.30. The summed E-state index contributed by atoms with van der Waals surface area (Å²) in [6.07, 6.45) is 1.46. The molecule has 2 atom stereocenters. The number of halogens is 2. The molecule has 1 aliphatic rings. The van der Waals surface area contributed by atoms with Crippen LogP contribution in [-0.2, 0) is 9.84 Å². The Kier molecular flexibility index (Phi) is 5.71. The minimum absolute atomic E-state index is 0.114. The molecule has 21 heavy (non-hydrogen) atoms. The number of benzene rings is 1. The molecule has 1 aromatic rings. The Labute approximate surface area is 139 Å². The summed E-state index contributed by atoms with van der Waals surface area (Å²) >= 11 is 9.57. The summed E-state index contributed by atoms with van der Waals surface area (Å²) in [7, 11) is -0.882. The van der Waals surface area contributed by atoms with E-state index in [4.69, 9.17) is 17.3 Å². The summed E-state index contributed by atoms with van der Waals surface area (Å²) < 4.78 is 23.9. The summed E-state index contributed by atoms with van der Waals surface area (Å²) in [6.45, 7) is 0.758. The van der Waals surface area contributed by atoms with Crippen molar-refractivity contribution in [3.63, 3.8) is 0 Å². The largest absolute Gasteiger partial charge is 0.324 e. The molecule has 0 aromatic heterocycles. The Hall–Kier alpha value is -0.140. The highest BCUT2D eigenvalue weighted by molar-refractivity contribution is 9.10. The van der Waals surface area contributed by atoms with Gasteiger partial charge in [-0.25, -0.2) is 8.42 Å². The third-order valence-corrected chi connectivity index (χ3v) is 6.56. The van der Waals surface area contributed by atoms with Gasteiger partial charge in [-0.05, 0) is 44.1 Å². The number of hydrogen-bond donors (Lipinski definition) is 1. The van der Waals surface area contributed by atoms with Crippen LogP contribution < -0.4 is 5.73 Å². The van der Waals surface area contributed by atoms with Crippen molar-refractivity contribution < 1.29 is 8.42 Å². The predicted molar refractivity (Wildman–Crippen MR) is 90.4 cm³/mol. The summed E-state index contributed by atoms with van der Waals surface area (Å²) in [6, 6.07) is 5.66. The molecule has 1 fully saturated rings. The monoisotopic (exact) mass is 394 g/mol. The molecule has 4 nitrogen and oxygen atoms in total. The van der Waals surface area contributed by atoms with Gasteiger partial charge in [-0.1, -0.05) is 33.6 Å². The van der Waals surface area contributed by atoms with Crippen LogP contribution in [0.25, 0.3) is 0 Å². The molecule has 1 aromatic carbocycles. The molecule has 0 radical (unpaired) electrons. The van der Waals surface area contributed by atoms with Crippen LogP contribution in [-0.4, -0.2) is 44.5 Å². The zero-order valence-electron chi connectivity index (χ0n) is 11.9. The van der Waals surface area contributed by atoms with Crippen LogP contribution in [0.15, 0.2) is 22.7 Å². The number of nitrogens with two attached hydrogens (primary N) is 1. The van der Waals surface area contributed by atoms with Gasteiger partial charge in [0.2, 0.25) is 0 Å². The van der Waals surface area contributed by atoms with Crippen molar-refractivity contribution in [3.8, 4) is 0 Å². The van der Waals surface area contributed by atoms with E-state index in [9.17, 15) is 8.42 Å². The van der Waals surface area contributed by atoms with Gasteiger partial charge < -0.3 is 10.6 Å². The van der Waals surface area contributed by atoms with Gasteiger partial charge in [0.05, 0.1) is 11.5 Å². The maximum absolute atomic E-state index is 11.5. The van der Waals surface area contributed by atoms with Gasteiger partial charge >= 0.3 is 0 Å². The normalized spacial score (nSPS) is 22.6. The first-order valence-electron chi connectivity index (χ1n) is 6.90. The van der Waals surface area contributed by atoms with Crippen molar-refractivity contribution in [2.24, 2.45) is 5.73 Å². The van der Waals surface area contributed by atoms with Gasteiger partial charge in [0.25, 0.3) is 0 Å². The molecule has 0 bridgehead atoms. The van der Waals surface area contributed by atoms with Crippen LogP contribution in [0.3, 0.4) is 0 Å². The minimum atomic E-state index is -2.84. The summed E-state index contributed by atoms with van der Waals surface area (Å²) in [5, 5.41) is 0.656. The quantitative estimate of drug-likeness (QED) is 0.832. The minimum Gasteiger partial charge on any atom is -0.324 e. The Bertz CT molecular complexity index is 609. The van der Waals surface area contributed by atoms with E-state index >= 15 is 0 Å². The average molecular weight is 396 g/mol. The first-order chi connectivity index (χ1) is 9.78. The lowest BCUT2D eigenvalue weighted by Gasteiger charge is -2.25. The van der Waals surface area contributed by atoms with Crippen LogP contribution in [0, 0.1) is 0 Å². The molecule has 0 saturated carbocycles. The summed E-state index contributed by atoms with van der Waals surface area (Å²) in [5.74, 6) is 0.560. The second-order valence-corrected chi connectivity index (χ2v) is 9.15. The lowest BCUT2D eigenvalue weighted by atomic mass is 10.0. The second kappa shape index (κ2) is 6.96. The predicted octanol–water partition coefficient (Wildman–Crippen LogP) is 2.61. The fourth-order valence-electron chi connectivity index (χ4n) is 2.61. The first-order valence-corrected chi connectivity index (χ1v) is 9.89. The van der Waals surface area contributed by atoms with Crippen molar-refractivity contribution in [2.45, 2.75) is 24.9 Å². The van der Waals surface area contributed by atoms with Crippen molar-refractivity contribution in [3.05, 3.63) is 33.3 Å².